The molecule has 4 unspecified atom stereocenters. The van der Waals surface area contributed by atoms with Gasteiger partial charge in [-0.1, -0.05) is 6.92 Å². The molecule has 0 radical (unpaired) electrons. The maximum atomic E-state index is 5.89. The highest BCUT2D eigenvalue weighted by Gasteiger charge is 2.38. The molecule has 3 nitrogen and oxygen atoms in total. The van der Waals surface area contributed by atoms with Gasteiger partial charge in [-0.2, -0.15) is 0 Å². The average Bonchev–Trinajstić information content (AvgIpc) is 2.58. The molecule has 0 aromatic rings. The van der Waals surface area contributed by atoms with Crippen molar-refractivity contribution in [3.8, 4) is 0 Å². The van der Waals surface area contributed by atoms with E-state index in [1.807, 2.05) is 0 Å². The van der Waals surface area contributed by atoms with Crippen molar-refractivity contribution in [2.45, 2.75) is 44.4 Å². The van der Waals surface area contributed by atoms with E-state index >= 15 is 0 Å². The molecule has 0 aromatic heterocycles. The zero-order chi connectivity index (χ0) is 10.3. The Bertz CT molecular complexity index is 222. The summed E-state index contributed by atoms with van der Waals surface area (Å²) in [6.45, 7) is 7.14. The Morgan fingerprint density at radius 2 is 1.87 bits per heavy atom. The number of hydrogen-bond acceptors (Lipinski definition) is 3. The number of morpholine rings is 1. The van der Waals surface area contributed by atoms with Crippen LogP contribution in [0.4, 0.5) is 0 Å². The number of piperidine rings is 1. The maximum absolute atomic E-state index is 5.89. The Kier molecular flexibility index (Phi) is 2.71. The summed E-state index contributed by atoms with van der Waals surface area (Å²) in [6.07, 6.45) is 4.98. The summed E-state index contributed by atoms with van der Waals surface area (Å²) in [7, 11) is 0. The zero-order valence-corrected chi connectivity index (χ0v) is 9.61. The SMILES string of the molecule is CC1CCNCC1N1CC2CCC(C1)O2. The smallest absolute Gasteiger partial charge is 0.0707 e. The molecule has 86 valence electrons. The lowest BCUT2D eigenvalue weighted by Crippen LogP contribution is -2.55. The van der Waals surface area contributed by atoms with Gasteiger partial charge >= 0.3 is 0 Å². The zero-order valence-electron chi connectivity index (χ0n) is 9.61. The van der Waals surface area contributed by atoms with E-state index in [0.29, 0.717) is 12.2 Å². The van der Waals surface area contributed by atoms with Crippen molar-refractivity contribution in [1.82, 2.24) is 10.2 Å². The maximum Gasteiger partial charge on any atom is 0.0707 e. The quantitative estimate of drug-likeness (QED) is 0.694. The van der Waals surface area contributed by atoms with E-state index in [-0.39, 0.29) is 0 Å². The first kappa shape index (κ1) is 10.1. The van der Waals surface area contributed by atoms with Gasteiger partial charge in [-0.3, -0.25) is 4.90 Å². The fourth-order valence-electron chi connectivity index (χ4n) is 3.38. The van der Waals surface area contributed by atoms with Gasteiger partial charge in [-0.25, -0.2) is 0 Å². The summed E-state index contributed by atoms with van der Waals surface area (Å²) in [5.74, 6) is 0.851. The molecule has 0 aromatic carbocycles. The van der Waals surface area contributed by atoms with Crippen LogP contribution in [-0.2, 0) is 4.74 Å². The molecule has 3 fully saturated rings. The molecule has 3 saturated heterocycles. The monoisotopic (exact) mass is 210 g/mol. The molecule has 4 atom stereocenters. The van der Waals surface area contributed by atoms with E-state index in [9.17, 15) is 0 Å². The Morgan fingerprint density at radius 1 is 1.13 bits per heavy atom. The van der Waals surface area contributed by atoms with Crippen molar-refractivity contribution in [2.75, 3.05) is 26.2 Å². The minimum atomic E-state index is 0.540. The van der Waals surface area contributed by atoms with Gasteiger partial charge in [-0.05, 0) is 31.7 Å². The topological polar surface area (TPSA) is 24.5 Å². The van der Waals surface area contributed by atoms with Crippen LogP contribution in [0.15, 0.2) is 0 Å². The highest BCUT2D eigenvalue weighted by atomic mass is 16.5. The molecular formula is C12H22N2O. The number of rotatable bonds is 1. The standard InChI is InChI=1S/C12H22N2O/c1-9-4-5-13-6-12(9)14-7-10-2-3-11(8-14)15-10/h9-13H,2-8H2,1H3. The molecule has 3 heterocycles. The van der Waals surface area contributed by atoms with Gasteiger partial charge in [0.15, 0.2) is 0 Å². The first-order chi connectivity index (χ1) is 7.33. The first-order valence-electron chi connectivity index (χ1n) is 6.43. The highest BCUT2D eigenvalue weighted by Crippen LogP contribution is 2.29. The molecule has 15 heavy (non-hydrogen) atoms. The molecular weight excluding hydrogens is 188 g/mol. The lowest BCUT2D eigenvalue weighted by atomic mass is 9.93. The van der Waals surface area contributed by atoms with E-state index in [2.05, 4.69) is 17.1 Å². The van der Waals surface area contributed by atoms with Gasteiger partial charge in [-0.15, -0.1) is 0 Å². The van der Waals surface area contributed by atoms with Crippen LogP contribution in [0.25, 0.3) is 0 Å². The normalized spacial score (nSPS) is 47.0. The molecule has 3 aliphatic rings. The Hall–Kier alpha value is -0.120. The van der Waals surface area contributed by atoms with Crippen LogP contribution in [0, 0.1) is 5.92 Å². The number of likely N-dealkylation sites (tertiary alicyclic amines) is 1. The third-order valence-corrected chi connectivity index (χ3v) is 4.33. The number of hydrogen-bond donors (Lipinski definition) is 1. The lowest BCUT2D eigenvalue weighted by molar-refractivity contribution is -0.0625. The second kappa shape index (κ2) is 4.04. The van der Waals surface area contributed by atoms with E-state index < -0.39 is 0 Å². The number of ether oxygens (including phenoxy) is 1. The number of fused-ring (bicyclic) bond motifs is 2. The average molecular weight is 210 g/mol. The summed E-state index contributed by atoms with van der Waals surface area (Å²) in [5, 5.41) is 3.53. The van der Waals surface area contributed by atoms with Crippen LogP contribution in [0.2, 0.25) is 0 Å². The molecule has 0 spiro atoms. The second-order valence-electron chi connectivity index (χ2n) is 5.45. The van der Waals surface area contributed by atoms with Crippen LogP contribution in [0.5, 0.6) is 0 Å². The molecule has 3 aliphatic heterocycles. The van der Waals surface area contributed by atoms with Crippen molar-refractivity contribution in [1.29, 1.82) is 0 Å². The van der Waals surface area contributed by atoms with Gasteiger partial charge < -0.3 is 10.1 Å². The van der Waals surface area contributed by atoms with Gasteiger partial charge in [0, 0.05) is 25.7 Å². The fraction of sp³-hybridized carbons (Fsp3) is 1.00. The summed E-state index contributed by atoms with van der Waals surface area (Å²) in [6, 6.07) is 0.755. The van der Waals surface area contributed by atoms with E-state index in [1.165, 1.54) is 45.4 Å². The molecule has 0 amide bonds. The molecule has 0 saturated carbocycles. The van der Waals surface area contributed by atoms with Crippen LogP contribution < -0.4 is 5.32 Å². The van der Waals surface area contributed by atoms with Gasteiger partial charge in [0.05, 0.1) is 12.2 Å². The Labute approximate surface area is 92.2 Å². The molecule has 3 heteroatoms. The predicted molar refractivity (Wildman–Crippen MR) is 59.9 cm³/mol. The van der Waals surface area contributed by atoms with Crippen LogP contribution >= 0.6 is 0 Å². The molecule has 1 N–H and O–H groups in total. The lowest BCUT2D eigenvalue weighted by Gasteiger charge is -2.42. The summed E-state index contributed by atoms with van der Waals surface area (Å²) >= 11 is 0. The van der Waals surface area contributed by atoms with Crippen molar-refractivity contribution < 1.29 is 4.74 Å². The Balaban J connectivity index is 1.66. The van der Waals surface area contributed by atoms with E-state index in [0.717, 1.165) is 12.0 Å². The fourth-order valence-corrected chi connectivity index (χ4v) is 3.38. The summed E-state index contributed by atoms with van der Waals surface area (Å²) in [5.41, 5.74) is 0. The second-order valence-corrected chi connectivity index (χ2v) is 5.45. The summed E-state index contributed by atoms with van der Waals surface area (Å²) < 4.78 is 5.89. The number of nitrogens with one attached hydrogen (secondary N) is 1. The third kappa shape index (κ3) is 1.93. The first-order valence-corrected chi connectivity index (χ1v) is 6.43. The van der Waals surface area contributed by atoms with Crippen molar-refractivity contribution in [3.05, 3.63) is 0 Å². The van der Waals surface area contributed by atoms with Crippen LogP contribution in [0.1, 0.15) is 26.2 Å². The van der Waals surface area contributed by atoms with Gasteiger partial charge in [0.25, 0.3) is 0 Å². The van der Waals surface area contributed by atoms with E-state index in [1.54, 1.807) is 0 Å². The number of nitrogens with zero attached hydrogens (tertiary/aromatic N) is 1. The highest BCUT2D eigenvalue weighted by molar-refractivity contribution is 4.91. The molecule has 3 rings (SSSR count). The minimum absolute atomic E-state index is 0.540. The van der Waals surface area contributed by atoms with Crippen molar-refractivity contribution in [3.63, 3.8) is 0 Å². The van der Waals surface area contributed by atoms with Crippen molar-refractivity contribution >= 4 is 0 Å². The van der Waals surface area contributed by atoms with Crippen molar-refractivity contribution in [2.24, 2.45) is 5.92 Å². The third-order valence-electron chi connectivity index (χ3n) is 4.33. The predicted octanol–water partition coefficient (Wildman–Crippen LogP) is 0.848. The van der Waals surface area contributed by atoms with Crippen LogP contribution in [0.3, 0.4) is 0 Å². The van der Waals surface area contributed by atoms with Gasteiger partial charge in [0.2, 0.25) is 0 Å². The summed E-state index contributed by atoms with van der Waals surface area (Å²) in [4.78, 5) is 2.68. The van der Waals surface area contributed by atoms with E-state index in [4.69, 9.17) is 4.74 Å². The molecule has 0 aliphatic carbocycles. The van der Waals surface area contributed by atoms with Crippen LogP contribution in [-0.4, -0.2) is 49.3 Å². The Morgan fingerprint density at radius 3 is 2.53 bits per heavy atom. The van der Waals surface area contributed by atoms with Gasteiger partial charge in [0.1, 0.15) is 0 Å². The largest absolute Gasteiger partial charge is 0.372 e. The minimum Gasteiger partial charge on any atom is -0.372 e. The molecule has 2 bridgehead atoms.